The molecule has 0 heterocycles. The maximum atomic E-state index is 12.6. The van der Waals surface area contributed by atoms with Crippen molar-refractivity contribution >= 4 is 11.9 Å². The number of carbonyl (C=O) groups excluding carboxylic acids is 1. The van der Waals surface area contributed by atoms with Crippen LogP contribution < -0.4 is 0 Å². The zero-order valence-corrected chi connectivity index (χ0v) is 29.9. The van der Waals surface area contributed by atoms with E-state index in [1.54, 1.807) is 0 Å². The number of carbonyl (C=O) groups is 2. The molecule has 0 saturated carbocycles. The lowest BCUT2D eigenvalue weighted by molar-refractivity contribution is -0.150. The van der Waals surface area contributed by atoms with E-state index in [4.69, 9.17) is 9.84 Å². The Hall–Kier alpha value is -2.62. The van der Waals surface area contributed by atoms with Crippen LogP contribution in [0.5, 0.6) is 0 Å². The fraction of sp³-hybridized carbons (Fsp3) is 0.667. The van der Waals surface area contributed by atoms with Gasteiger partial charge in [-0.2, -0.15) is 0 Å². The summed E-state index contributed by atoms with van der Waals surface area (Å²) in [6.45, 7) is 4.40. The van der Waals surface area contributed by atoms with Crippen LogP contribution in [0.1, 0.15) is 174 Å². The number of hydrogen-bond donors (Lipinski definition) is 1. The van der Waals surface area contributed by atoms with E-state index in [0.29, 0.717) is 6.42 Å². The molecule has 4 heteroatoms. The molecule has 0 bridgehead atoms. The monoisotopic (exact) mass is 639 g/mol. The zero-order chi connectivity index (χ0) is 33.6. The van der Waals surface area contributed by atoms with Crippen molar-refractivity contribution in [2.24, 2.45) is 0 Å². The van der Waals surface area contributed by atoms with Crippen LogP contribution in [0.25, 0.3) is 0 Å². The third-order valence-electron chi connectivity index (χ3n) is 7.92. The second-order valence-corrected chi connectivity index (χ2v) is 12.4. The summed E-state index contributed by atoms with van der Waals surface area (Å²) in [5, 5.41) is 8.81. The lowest BCUT2D eigenvalue weighted by Gasteiger charge is -2.17. The molecular formula is C42H70O4. The standard InChI is InChI=1S/C42H70O4/c1-3-5-7-9-11-13-15-17-18-20-22-24-26-31-35-39-42(45)46-40(37-33-29-27-30-34-38-41(43)44)36-32-28-25-23-21-19-16-14-12-10-8-6-4-2/h6,8,11-14,17-19,21,25,28,40H,3-5,7,9-10,15-16,20,22-24,26-27,29-39H2,1-2H3,(H,43,44)/b8-6-,13-11-,14-12-,18-17-,21-19-,28-25-. The van der Waals surface area contributed by atoms with Gasteiger partial charge in [0.2, 0.25) is 0 Å². The average molecular weight is 639 g/mol. The van der Waals surface area contributed by atoms with E-state index < -0.39 is 5.97 Å². The van der Waals surface area contributed by atoms with Gasteiger partial charge in [0, 0.05) is 12.8 Å². The number of allylic oxidation sites excluding steroid dienone is 12. The highest BCUT2D eigenvalue weighted by atomic mass is 16.5. The van der Waals surface area contributed by atoms with Gasteiger partial charge in [0.05, 0.1) is 0 Å². The Labute approximate surface area is 284 Å². The van der Waals surface area contributed by atoms with Crippen LogP contribution >= 0.6 is 0 Å². The van der Waals surface area contributed by atoms with Crippen molar-refractivity contribution in [3.63, 3.8) is 0 Å². The van der Waals surface area contributed by atoms with Crippen molar-refractivity contribution in [3.05, 3.63) is 72.9 Å². The summed E-state index contributed by atoms with van der Waals surface area (Å²) in [5.74, 6) is -0.769. The van der Waals surface area contributed by atoms with Crippen LogP contribution in [-0.4, -0.2) is 23.1 Å². The first kappa shape index (κ1) is 43.4. The van der Waals surface area contributed by atoms with Gasteiger partial charge in [-0.05, 0) is 96.3 Å². The SMILES string of the molecule is CC/C=C\C/C=C\C/C=C\C/C=C\CCC(CCCCCCCC(=O)O)OC(=O)CCCCCCC/C=C\C/C=C\CCCCC. The first-order valence-electron chi connectivity index (χ1n) is 18.9. The quantitative estimate of drug-likeness (QED) is 0.0441. The van der Waals surface area contributed by atoms with Gasteiger partial charge in [-0.1, -0.05) is 138 Å². The van der Waals surface area contributed by atoms with E-state index in [-0.39, 0.29) is 18.5 Å². The minimum absolute atomic E-state index is 0.0309. The van der Waals surface area contributed by atoms with Crippen LogP contribution in [0.2, 0.25) is 0 Å². The van der Waals surface area contributed by atoms with Crippen molar-refractivity contribution in [3.8, 4) is 0 Å². The Morgan fingerprint density at radius 3 is 1.52 bits per heavy atom. The number of hydrogen-bond acceptors (Lipinski definition) is 3. The minimum atomic E-state index is -0.716. The smallest absolute Gasteiger partial charge is 0.306 e. The molecule has 0 aromatic heterocycles. The van der Waals surface area contributed by atoms with E-state index in [1.165, 1.54) is 44.9 Å². The Morgan fingerprint density at radius 1 is 0.500 bits per heavy atom. The average Bonchev–Trinajstić information content (AvgIpc) is 3.04. The molecule has 0 aromatic rings. The van der Waals surface area contributed by atoms with Crippen molar-refractivity contribution in [1.82, 2.24) is 0 Å². The van der Waals surface area contributed by atoms with Gasteiger partial charge in [0.1, 0.15) is 6.10 Å². The molecule has 0 amide bonds. The molecule has 0 saturated heterocycles. The largest absolute Gasteiger partial charge is 0.481 e. The van der Waals surface area contributed by atoms with Gasteiger partial charge >= 0.3 is 11.9 Å². The molecule has 1 unspecified atom stereocenters. The van der Waals surface area contributed by atoms with Gasteiger partial charge in [-0.25, -0.2) is 0 Å². The highest BCUT2D eigenvalue weighted by Crippen LogP contribution is 2.17. The normalized spacial score (nSPS) is 13.1. The maximum absolute atomic E-state index is 12.6. The van der Waals surface area contributed by atoms with Crippen LogP contribution in [0.3, 0.4) is 0 Å². The summed E-state index contributed by atoms with van der Waals surface area (Å²) in [5.41, 5.74) is 0. The molecule has 1 atom stereocenters. The third kappa shape index (κ3) is 35.9. The lowest BCUT2D eigenvalue weighted by Crippen LogP contribution is -2.18. The van der Waals surface area contributed by atoms with Crippen LogP contribution in [0, 0.1) is 0 Å². The van der Waals surface area contributed by atoms with Crippen LogP contribution in [-0.2, 0) is 14.3 Å². The molecule has 46 heavy (non-hydrogen) atoms. The van der Waals surface area contributed by atoms with E-state index in [2.05, 4.69) is 86.8 Å². The molecular weight excluding hydrogens is 568 g/mol. The van der Waals surface area contributed by atoms with Gasteiger partial charge in [0.15, 0.2) is 0 Å². The van der Waals surface area contributed by atoms with Crippen LogP contribution in [0.4, 0.5) is 0 Å². The number of unbranched alkanes of at least 4 members (excludes halogenated alkanes) is 12. The number of aliphatic carboxylic acids is 1. The van der Waals surface area contributed by atoms with Crippen molar-refractivity contribution in [2.45, 2.75) is 180 Å². The summed E-state index contributed by atoms with van der Waals surface area (Å²) in [6, 6.07) is 0. The molecule has 4 nitrogen and oxygen atoms in total. The number of ether oxygens (including phenoxy) is 1. The predicted molar refractivity (Wildman–Crippen MR) is 199 cm³/mol. The number of carboxylic acid groups (broad SMARTS) is 1. The third-order valence-corrected chi connectivity index (χ3v) is 7.92. The Bertz CT molecular complexity index is 861. The topological polar surface area (TPSA) is 63.6 Å². The van der Waals surface area contributed by atoms with Gasteiger partial charge < -0.3 is 9.84 Å². The van der Waals surface area contributed by atoms with Crippen molar-refractivity contribution in [2.75, 3.05) is 0 Å². The van der Waals surface area contributed by atoms with E-state index >= 15 is 0 Å². The van der Waals surface area contributed by atoms with E-state index in [1.807, 2.05) is 0 Å². The molecule has 0 rings (SSSR count). The molecule has 0 aromatic carbocycles. The lowest BCUT2D eigenvalue weighted by atomic mass is 10.0. The molecule has 0 aliphatic carbocycles. The van der Waals surface area contributed by atoms with Crippen LogP contribution in [0.15, 0.2) is 72.9 Å². The molecule has 1 N–H and O–H groups in total. The highest BCUT2D eigenvalue weighted by Gasteiger charge is 2.13. The number of esters is 1. The van der Waals surface area contributed by atoms with Gasteiger partial charge in [0.25, 0.3) is 0 Å². The Kier molecular flexibility index (Phi) is 34.7. The molecule has 0 fully saturated rings. The Balaban J connectivity index is 4.23. The fourth-order valence-corrected chi connectivity index (χ4v) is 5.15. The van der Waals surface area contributed by atoms with Gasteiger partial charge in [-0.3, -0.25) is 9.59 Å². The second kappa shape index (κ2) is 36.8. The molecule has 262 valence electrons. The summed E-state index contributed by atoms with van der Waals surface area (Å²) < 4.78 is 5.94. The maximum Gasteiger partial charge on any atom is 0.306 e. The summed E-state index contributed by atoms with van der Waals surface area (Å²) >= 11 is 0. The first-order chi connectivity index (χ1) is 22.6. The van der Waals surface area contributed by atoms with E-state index in [0.717, 1.165) is 103 Å². The second-order valence-electron chi connectivity index (χ2n) is 12.4. The van der Waals surface area contributed by atoms with Crippen molar-refractivity contribution in [1.29, 1.82) is 0 Å². The molecule has 0 radical (unpaired) electrons. The van der Waals surface area contributed by atoms with Gasteiger partial charge in [-0.15, -0.1) is 0 Å². The summed E-state index contributed by atoms with van der Waals surface area (Å²) in [7, 11) is 0. The van der Waals surface area contributed by atoms with Crippen molar-refractivity contribution < 1.29 is 19.4 Å². The van der Waals surface area contributed by atoms with E-state index in [9.17, 15) is 9.59 Å². The highest BCUT2D eigenvalue weighted by molar-refractivity contribution is 5.69. The minimum Gasteiger partial charge on any atom is -0.481 e. The number of rotatable bonds is 33. The molecule has 0 aliphatic rings. The summed E-state index contributed by atoms with van der Waals surface area (Å²) in [6.07, 6.45) is 52.0. The summed E-state index contributed by atoms with van der Waals surface area (Å²) in [4.78, 5) is 23.3. The predicted octanol–water partition coefficient (Wildman–Crippen LogP) is 13.1. The molecule has 0 spiro atoms. The first-order valence-corrected chi connectivity index (χ1v) is 18.9. The Morgan fingerprint density at radius 2 is 0.957 bits per heavy atom. The number of carboxylic acids is 1. The zero-order valence-electron chi connectivity index (χ0n) is 29.9. The fourth-order valence-electron chi connectivity index (χ4n) is 5.15. The molecule has 0 aliphatic heterocycles.